The number of rotatable bonds is 3. The van der Waals surface area contributed by atoms with Crippen molar-refractivity contribution < 1.29 is 9.53 Å². The third-order valence-corrected chi connectivity index (χ3v) is 5.25. The Morgan fingerprint density at radius 2 is 2.18 bits per heavy atom. The Bertz CT molecular complexity index is 458. The molecule has 2 aliphatic rings. The van der Waals surface area contributed by atoms with Gasteiger partial charge in [-0.05, 0) is 32.6 Å². The molecule has 2 aliphatic carbocycles. The van der Waals surface area contributed by atoms with Gasteiger partial charge >= 0.3 is 5.97 Å². The molecule has 0 radical (unpaired) electrons. The van der Waals surface area contributed by atoms with Gasteiger partial charge in [0.05, 0.1) is 12.8 Å². The molecule has 0 amide bonds. The number of hydrogen-bond acceptors (Lipinski definition) is 4. The van der Waals surface area contributed by atoms with Gasteiger partial charge in [-0.25, -0.2) is 4.98 Å². The van der Waals surface area contributed by atoms with Gasteiger partial charge in [-0.1, -0.05) is 6.42 Å². The molecule has 1 heterocycles. The Kier molecular flexibility index (Phi) is 2.51. The number of ether oxygens (including phenoxy) is 1. The van der Waals surface area contributed by atoms with Crippen LogP contribution in [0.5, 0.6) is 0 Å². The molecule has 4 heteroatoms. The van der Waals surface area contributed by atoms with Crippen LogP contribution >= 0.6 is 11.3 Å². The summed E-state index contributed by atoms with van der Waals surface area (Å²) in [6, 6.07) is 0. The molecule has 3 rings (SSSR count). The summed E-state index contributed by atoms with van der Waals surface area (Å²) >= 11 is 1.69. The average Bonchev–Trinajstić information content (AvgIpc) is 2.98. The predicted molar refractivity (Wildman–Crippen MR) is 66.4 cm³/mol. The van der Waals surface area contributed by atoms with E-state index < -0.39 is 0 Å². The van der Waals surface area contributed by atoms with E-state index in [2.05, 4.69) is 6.92 Å². The van der Waals surface area contributed by atoms with Crippen LogP contribution in [0, 0.1) is 6.92 Å². The SMILES string of the molecule is COC(=O)C1(c2nc(C3CCC3)c(C)s2)CC1. The van der Waals surface area contributed by atoms with Crippen LogP contribution in [-0.2, 0) is 14.9 Å². The highest BCUT2D eigenvalue weighted by Crippen LogP contribution is 2.52. The molecule has 0 saturated heterocycles. The zero-order valence-electron chi connectivity index (χ0n) is 10.3. The molecule has 0 atom stereocenters. The molecule has 2 fully saturated rings. The van der Waals surface area contributed by atoms with Gasteiger partial charge < -0.3 is 4.74 Å². The molecule has 0 spiro atoms. The first-order valence-electron chi connectivity index (χ1n) is 6.23. The van der Waals surface area contributed by atoms with Crippen LogP contribution in [0.15, 0.2) is 0 Å². The molecule has 0 aliphatic heterocycles. The molecule has 1 aromatic heterocycles. The zero-order chi connectivity index (χ0) is 12.0. The molecular formula is C13H17NO2S. The lowest BCUT2D eigenvalue weighted by Crippen LogP contribution is -2.22. The van der Waals surface area contributed by atoms with Crippen molar-refractivity contribution in [3.8, 4) is 0 Å². The monoisotopic (exact) mass is 251 g/mol. The molecule has 1 aromatic rings. The standard InChI is InChI=1S/C13H17NO2S/c1-8-10(9-4-3-5-9)14-11(17-8)13(6-7-13)12(15)16-2/h9H,3-7H2,1-2H3. The van der Waals surface area contributed by atoms with E-state index in [0.717, 1.165) is 17.8 Å². The topological polar surface area (TPSA) is 39.2 Å². The van der Waals surface area contributed by atoms with E-state index in [1.165, 1.54) is 36.9 Å². The predicted octanol–water partition coefficient (Wildman–Crippen LogP) is 2.92. The zero-order valence-corrected chi connectivity index (χ0v) is 11.1. The van der Waals surface area contributed by atoms with E-state index in [4.69, 9.17) is 9.72 Å². The summed E-state index contributed by atoms with van der Waals surface area (Å²) < 4.78 is 4.91. The fourth-order valence-corrected chi connectivity index (χ4v) is 3.73. The number of methoxy groups -OCH3 is 1. The van der Waals surface area contributed by atoms with E-state index in [9.17, 15) is 4.79 Å². The van der Waals surface area contributed by atoms with Gasteiger partial charge in [0.2, 0.25) is 0 Å². The Labute approximate surface area is 105 Å². The average molecular weight is 251 g/mol. The molecular weight excluding hydrogens is 234 g/mol. The van der Waals surface area contributed by atoms with Crippen molar-refractivity contribution in [2.24, 2.45) is 0 Å². The molecule has 0 N–H and O–H groups in total. The summed E-state index contributed by atoms with van der Waals surface area (Å²) in [5.41, 5.74) is 0.859. The highest BCUT2D eigenvalue weighted by molar-refractivity contribution is 7.12. The van der Waals surface area contributed by atoms with Gasteiger partial charge in [-0.2, -0.15) is 0 Å². The van der Waals surface area contributed by atoms with Gasteiger partial charge in [0.15, 0.2) is 0 Å². The Morgan fingerprint density at radius 1 is 1.47 bits per heavy atom. The molecule has 17 heavy (non-hydrogen) atoms. The lowest BCUT2D eigenvalue weighted by molar-refractivity contribution is -0.143. The Hall–Kier alpha value is -0.900. The first-order valence-corrected chi connectivity index (χ1v) is 7.05. The largest absolute Gasteiger partial charge is 0.468 e. The summed E-state index contributed by atoms with van der Waals surface area (Å²) in [6.45, 7) is 2.13. The summed E-state index contributed by atoms with van der Waals surface area (Å²) in [6.07, 6.45) is 5.64. The highest BCUT2D eigenvalue weighted by Gasteiger charge is 2.55. The van der Waals surface area contributed by atoms with Gasteiger partial charge in [-0.15, -0.1) is 11.3 Å². The van der Waals surface area contributed by atoms with Crippen molar-refractivity contribution in [3.05, 3.63) is 15.6 Å². The number of aryl methyl sites for hydroxylation is 1. The third kappa shape index (κ3) is 1.61. The molecule has 0 unspecified atom stereocenters. The van der Waals surface area contributed by atoms with Crippen LogP contribution in [0.25, 0.3) is 0 Å². The second-order valence-corrected chi connectivity index (χ2v) is 6.37. The lowest BCUT2D eigenvalue weighted by Gasteiger charge is -2.24. The summed E-state index contributed by atoms with van der Waals surface area (Å²) in [7, 11) is 1.47. The van der Waals surface area contributed by atoms with E-state index in [-0.39, 0.29) is 11.4 Å². The van der Waals surface area contributed by atoms with Crippen molar-refractivity contribution in [2.75, 3.05) is 7.11 Å². The maximum Gasteiger partial charge on any atom is 0.318 e. The van der Waals surface area contributed by atoms with Crippen molar-refractivity contribution in [1.29, 1.82) is 0 Å². The maximum absolute atomic E-state index is 11.8. The van der Waals surface area contributed by atoms with Crippen LogP contribution in [0.1, 0.15) is 53.6 Å². The van der Waals surface area contributed by atoms with Crippen LogP contribution in [0.3, 0.4) is 0 Å². The minimum atomic E-state index is -0.383. The minimum absolute atomic E-state index is 0.105. The maximum atomic E-state index is 11.8. The number of hydrogen-bond donors (Lipinski definition) is 0. The lowest BCUT2D eigenvalue weighted by atomic mass is 9.82. The number of carbonyl (C=O) groups is 1. The van der Waals surface area contributed by atoms with E-state index in [1.807, 2.05) is 0 Å². The Morgan fingerprint density at radius 3 is 2.65 bits per heavy atom. The second kappa shape index (κ2) is 3.80. The molecule has 2 saturated carbocycles. The van der Waals surface area contributed by atoms with E-state index in [1.54, 1.807) is 11.3 Å². The van der Waals surface area contributed by atoms with E-state index >= 15 is 0 Å². The quantitative estimate of drug-likeness (QED) is 0.775. The third-order valence-electron chi connectivity index (χ3n) is 4.06. The normalized spacial score (nSPS) is 22.0. The molecule has 92 valence electrons. The summed E-state index contributed by atoms with van der Waals surface area (Å²) in [5.74, 6) is 0.542. The van der Waals surface area contributed by atoms with Crippen LogP contribution < -0.4 is 0 Å². The van der Waals surface area contributed by atoms with Crippen LogP contribution in [0.4, 0.5) is 0 Å². The number of esters is 1. The summed E-state index contributed by atoms with van der Waals surface area (Å²) in [5, 5.41) is 0.990. The molecule has 0 bridgehead atoms. The van der Waals surface area contributed by atoms with Crippen LogP contribution in [0.2, 0.25) is 0 Å². The highest BCUT2D eigenvalue weighted by atomic mass is 32.1. The first-order chi connectivity index (χ1) is 8.17. The van der Waals surface area contributed by atoms with Crippen LogP contribution in [-0.4, -0.2) is 18.1 Å². The Balaban J connectivity index is 1.91. The smallest absolute Gasteiger partial charge is 0.318 e. The summed E-state index contributed by atoms with van der Waals surface area (Å²) in [4.78, 5) is 17.9. The molecule has 3 nitrogen and oxygen atoms in total. The van der Waals surface area contributed by atoms with Gasteiger partial charge in [0.1, 0.15) is 10.4 Å². The van der Waals surface area contributed by atoms with E-state index in [0.29, 0.717) is 5.92 Å². The van der Waals surface area contributed by atoms with Crippen molar-refractivity contribution in [3.63, 3.8) is 0 Å². The van der Waals surface area contributed by atoms with Crippen molar-refractivity contribution in [1.82, 2.24) is 4.98 Å². The number of aromatic nitrogens is 1. The fourth-order valence-electron chi connectivity index (χ4n) is 2.50. The first kappa shape index (κ1) is 11.2. The van der Waals surface area contributed by atoms with Crippen molar-refractivity contribution >= 4 is 17.3 Å². The fraction of sp³-hybridized carbons (Fsp3) is 0.692. The second-order valence-electron chi connectivity index (χ2n) is 5.16. The van der Waals surface area contributed by atoms with Gasteiger partial charge in [-0.3, -0.25) is 4.79 Å². The number of carbonyl (C=O) groups excluding carboxylic acids is 1. The molecule has 0 aromatic carbocycles. The van der Waals surface area contributed by atoms with Crippen molar-refractivity contribution in [2.45, 2.75) is 50.4 Å². The van der Waals surface area contributed by atoms with Gasteiger partial charge in [0.25, 0.3) is 0 Å². The van der Waals surface area contributed by atoms with Gasteiger partial charge in [0, 0.05) is 10.8 Å². The minimum Gasteiger partial charge on any atom is -0.468 e. The number of nitrogens with zero attached hydrogens (tertiary/aromatic N) is 1. The number of thiazole rings is 1.